The number of hydrogen-bond donors (Lipinski definition) is 2. The van der Waals surface area contributed by atoms with Gasteiger partial charge in [-0.15, -0.1) is 0 Å². The lowest BCUT2D eigenvalue weighted by Crippen LogP contribution is -2.03. The van der Waals surface area contributed by atoms with Gasteiger partial charge in [-0.3, -0.25) is 0 Å². The summed E-state index contributed by atoms with van der Waals surface area (Å²) in [6, 6.07) is 14.1. The molecule has 0 unspecified atom stereocenters. The third-order valence-electron chi connectivity index (χ3n) is 3.60. The highest BCUT2D eigenvalue weighted by Crippen LogP contribution is 2.28. The quantitative estimate of drug-likeness (QED) is 0.734. The van der Waals surface area contributed by atoms with Crippen LogP contribution in [0, 0.1) is 6.92 Å². The fraction of sp³-hybridized carbons (Fsp3) is 0.105. The normalized spacial score (nSPS) is 10.5. The summed E-state index contributed by atoms with van der Waals surface area (Å²) in [7, 11) is 0. The molecule has 3 aromatic rings. The van der Waals surface area contributed by atoms with Crippen LogP contribution in [0.3, 0.4) is 0 Å². The van der Waals surface area contributed by atoms with Gasteiger partial charge >= 0.3 is 5.97 Å². The van der Waals surface area contributed by atoms with Crippen molar-refractivity contribution in [1.82, 2.24) is 0 Å². The van der Waals surface area contributed by atoms with Crippen molar-refractivity contribution in [3.63, 3.8) is 0 Å². The Balaban J connectivity index is 1.82. The second kappa shape index (κ2) is 6.50. The Morgan fingerprint density at radius 3 is 2.71 bits per heavy atom. The fourth-order valence-electron chi connectivity index (χ4n) is 2.47. The number of carboxylic acids is 1. The number of aromatic hydroxyl groups is 1. The SMILES string of the molecule is Cc1cc(COc2cccc(-c3ccco3)c2)c(O)c(C(=O)O)c1. The van der Waals surface area contributed by atoms with Crippen molar-refractivity contribution in [1.29, 1.82) is 0 Å². The molecular weight excluding hydrogens is 308 g/mol. The standard InChI is InChI=1S/C19H16O5/c1-12-8-14(18(20)16(9-12)19(21)22)11-24-15-5-2-4-13(10-15)17-6-3-7-23-17/h2-10,20H,11H2,1H3,(H,21,22). The van der Waals surface area contributed by atoms with Crippen LogP contribution in [0.15, 0.2) is 59.2 Å². The molecule has 5 nitrogen and oxygen atoms in total. The van der Waals surface area contributed by atoms with E-state index in [2.05, 4.69) is 0 Å². The van der Waals surface area contributed by atoms with Crippen molar-refractivity contribution in [3.05, 3.63) is 71.5 Å². The number of phenols is 1. The van der Waals surface area contributed by atoms with Gasteiger partial charge in [0, 0.05) is 11.1 Å². The van der Waals surface area contributed by atoms with Crippen LogP contribution in [0.5, 0.6) is 11.5 Å². The third kappa shape index (κ3) is 3.25. The number of rotatable bonds is 5. The molecule has 0 bridgehead atoms. The van der Waals surface area contributed by atoms with Crippen molar-refractivity contribution in [2.24, 2.45) is 0 Å². The lowest BCUT2D eigenvalue weighted by molar-refractivity contribution is 0.0693. The number of hydrogen-bond acceptors (Lipinski definition) is 4. The highest BCUT2D eigenvalue weighted by molar-refractivity contribution is 5.91. The number of carbonyl (C=O) groups is 1. The number of ether oxygens (including phenoxy) is 1. The molecule has 0 saturated carbocycles. The van der Waals surface area contributed by atoms with E-state index in [9.17, 15) is 9.90 Å². The predicted molar refractivity (Wildman–Crippen MR) is 88.3 cm³/mol. The molecule has 0 aliphatic heterocycles. The maximum absolute atomic E-state index is 11.2. The van der Waals surface area contributed by atoms with E-state index in [0.717, 1.165) is 16.9 Å². The largest absolute Gasteiger partial charge is 0.507 e. The molecule has 0 amide bonds. The maximum Gasteiger partial charge on any atom is 0.339 e. The zero-order valence-corrected chi connectivity index (χ0v) is 13.0. The van der Waals surface area contributed by atoms with Crippen molar-refractivity contribution in [2.75, 3.05) is 0 Å². The van der Waals surface area contributed by atoms with Gasteiger partial charge in [-0.25, -0.2) is 4.79 Å². The molecule has 0 aliphatic rings. The van der Waals surface area contributed by atoms with Crippen LogP contribution in [-0.2, 0) is 6.61 Å². The third-order valence-corrected chi connectivity index (χ3v) is 3.60. The van der Waals surface area contributed by atoms with E-state index in [1.807, 2.05) is 24.3 Å². The van der Waals surface area contributed by atoms with Crippen LogP contribution < -0.4 is 4.74 Å². The first-order valence-corrected chi connectivity index (χ1v) is 7.37. The minimum absolute atomic E-state index is 0.0649. The number of aryl methyl sites for hydroxylation is 1. The first-order chi connectivity index (χ1) is 11.5. The molecule has 0 fully saturated rings. The zero-order valence-electron chi connectivity index (χ0n) is 13.0. The summed E-state index contributed by atoms with van der Waals surface area (Å²) in [5.74, 6) is -0.110. The van der Waals surface area contributed by atoms with Crippen LogP contribution in [0.1, 0.15) is 21.5 Å². The summed E-state index contributed by atoms with van der Waals surface area (Å²) in [6.45, 7) is 1.84. The maximum atomic E-state index is 11.2. The fourth-order valence-corrected chi connectivity index (χ4v) is 2.47. The molecule has 1 aromatic heterocycles. The topological polar surface area (TPSA) is 79.9 Å². The molecule has 5 heteroatoms. The van der Waals surface area contributed by atoms with Gasteiger partial charge in [0.05, 0.1) is 6.26 Å². The molecule has 2 N–H and O–H groups in total. The highest BCUT2D eigenvalue weighted by Gasteiger charge is 2.15. The van der Waals surface area contributed by atoms with E-state index in [-0.39, 0.29) is 17.9 Å². The average molecular weight is 324 g/mol. The van der Waals surface area contributed by atoms with Gasteiger partial charge in [0.2, 0.25) is 0 Å². The predicted octanol–water partition coefficient (Wildman–Crippen LogP) is 4.24. The van der Waals surface area contributed by atoms with E-state index in [1.54, 1.807) is 31.4 Å². The minimum Gasteiger partial charge on any atom is -0.507 e. The van der Waals surface area contributed by atoms with E-state index in [1.165, 1.54) is 6.07 Å². The Morgan fingerprint density at radius 2 is 2.00 bits per heavy atom. The van der Waals surface area contributed by atoms with Gasteiger partial charge in [0.15, 0.2) is 0 Å². The highest BCUT2D eigenvalue weighted by atomic mass is 16.5. The Bertz CT molecular complexity index is 865. The molecule has 0 spiro atoms. The van der Waals surface area contributed by atoms with Crippen molar-refractivity contribution >= 4 is 5.97 Å². The molecule has 0 saturated heterocycles. The van der Waals surface area contributed by atoms with Gasteiger partial charge in [-0.2, -0.15) is 0 Å². The first-order valence-electron chi connectivity index (χ1n) is 7.37. The number of benzene rings is 2. The van der Waals surface area contributed by atoms with Crippen molar-refractivity contribution in [2.45, 2.75) is 13.5 Å². The van der Waals surface area contributed by atoms with Gasteiger partial charge in [0.1, 0.15) is 29.4 Å². The second-order valence-electron chi connectivity index (χ2n) is 5.42. The molecule has 1 heterocycles. The minimum atomic E-state index is -1.17. The smallest absolute Gasteiger partial charge is 0.339 e. The van der Waals surface area contributed by atoms with Crippen LogP contribution in [0.25, 0.3) is 11.3 Å². The van der Waals surface area contributed by atoms with E-state index >= 15 is 0 Å². The monoisotopic (exact) mass is 324 g/mol. The molecular formula is C19H16O5. The summed E-state index contributed by atoms with van der Waals surface area (Å²) in [6.07, 6.45) is 1.60. The van der Waals surface area contributed by atoms with Crippen LogP contribution >= 0.6 is 0 Å². The number of furan rings is 1. The Labute approximate surface area is 138 Å². The average Bonchev–Trinajstić information content (AvgIpc) is 3.10. The summed E-state index contributed by atoms with van der Waals surface area (Å²) in [4.78, 5) is 11.2. The van der Waals surface area contributed by atoms with Crippen LogP contribution in [0.2, 0.25) is 0 Å². The van der Waals surface area contributed by atoms with E-state index in [0.29, 0.717) is 11.3 Å². The Kier molecular flexibility index (Phi) is 4.24. The van der Waals surface area contributed by atoms with Gasteiger partial charge in [0.25, 0.3) is 0 Å². The number of carboxylic acid groups (broad SMARTS) is 1. The van der Waals surface area contributed by atoms with Gasteiger partial charge < -0.3 is 19.4 Å². The molecule has 122 valence electrons. The van der Waals surface area contributed by atoms with Gasteiger partial charge in [-0.1, -0.05) is 12.1 Å². The Morgan fingerprint density at radius 1 is 1.17 bits per heavy atom. The molecule has 0 aliphatic carbocycles. The van der Waals surface area contributed by atoms with Gasteiger partial charge in [-0.05, 0) is 48.9 Å². The number of aromatic carboxylic acids is 1. The zero-order chi connectivity index (χ0) is 17.1. The summed E-state index contributed by atoms with van der Waals surface area (Å²) < 4.78 is 11.1. The van der Waals surface area contributed by atoms with E-state index < -0.39 is 5.97 Å². The molecule has 3 rings (SSSR count). The lowest BCUT2D eigenvalue weighted by Gasteiger charge is -2.11. The van der Waals surface area contributed by atoms with Crippen molar-refractivity contribution in [3.8, 4) is 22.8 Å². The lowest BCUT2D eigenvalue weighted by atomic mass is 10.1. The summed E-state index contributed by atoms with van der Waals surface area (Å²) in [5.41, 5.74) is 1.92. The Hall–Kier alpha value is -3.21. The first kappa shape index (κ1) is 15.7. The van der Waals surface area contributed by atoms with E-state index in [4.69, 9.17) is 14.3 Å². The molecule has 2 aromatic carbocycles. The molecule has 24 heavy (non-hydrogen) atoms. The summed E-state index contributed by atoms with van der Waals surface area (Å²) in [5, 5.41) is 19.2. The second-order valence-corrected chi connectivity index (χ2v) is 5.42. The molecule has 0 radical (unpaired) electrons. The van der Waals surface area contributed by atoms with Crippen molar-refractivity contribution < 1.29 is 24.2 Å². The van der Waals surface area contributed by atoms with Crippen LogP contribution in [0.4, 0.5) is 0 Å². The summed E-state index contributed by atoms with van der Waals surface area (Å²) >= 11 is 0. The molecule has 0 atom stereocenters. The van der Waals surface area contributed by atoms with Crippen LogP contribution in [-0.4, -0.2) is 16.2 Å².